The molecule has 136 valence electrons. The van der Waals surface area contributed by atoms with E-state index in [2.05, 4.69) is 26.3 Å². The molecule has 2 rings (SSSR count). The first-order valence-electron chi connectivity index (χ1n) is 8.01. The second-order valence-electron chi connectivity index (χ2n) is 5.61. The van der Waals surface area contributed by atoms with Crippen LogP contribution in [0.25, 0.3) is 5.69 Å². The average Bonchev–Trinajstić information content (AvgIpc) is 3.02. The van der Waals surface area contributed by atoms with Crippen LogP contribution in [-0.2, 0) is 6.42 Å². The van der Waals surface area contributed by atoms with Crippen molar-refractivity contribution in [2.45, 2.75) is 26.4 Å². The molecule has 0 aliphatic carbocycles. The summed E-state index contributed by atoms with van der Waals surface area (Å²) in [6.45, 7) is 4.16. The Morgan fingerprint density at radius 2 is 2.27 bits per heavy atom. The maximum Gasteiger partial charge on any atom is 0.163 e. The standard InChI is InChI=1S/C18H19BrFN5O/c1-3-23-18(19)12(9-21)6-15-8-14(10-22)24-25(15)17-5-4-13(20)7-16(17)11(2)26/h4-5,7-9,11,21,23,26H,3,6H2,1-2H3/b18-12-,21-9?. The van der Waals surface area contributed by atoms with Crippen molar-refractivity contribution in [3.8, 4) is 11.8 Å². The summed E-state index contributed by atoms with van der Waals surface area (Å²) in [5.41, 5.74) is 2.36. The van der Waals surface area contributed by atoms with Gasteiger partial charge >= 0.3 is 0 Å². The third kappa shape index (κ3) is 4.36. The van der Waals surface area contributed by atoms with Gasteiger partial charge < -0.3 is 15.8 Å². The Balaban J connectivity index is 2.59. The van der Waals surface area contributed by atoms with Crippen molar-refractivity contribution < 1.29 is 9.50 Å². The minimum atomic E-state index is -0.908. The first-order valence-corrected chi connectivity index (χ1v) is 8.80. The molecule has 0 saturated carbocycles. The molecule has 2 aromatic rings. The molecule has 0 saturated heterocycles. The molecule has 1 aromatic heterocycles. The summed E-state index contributed by atoms with van der Waals surface area (Å²) in [4.78, 5) is 0. The number of aliphatic hydroxyl groups is 1. The van der Waals surface area contributed by atoms with Crippen LogP contribution in [0.15, 0.2) is 34.4 Å². The second-order valence-corrected chi connectivity index (χ2v) is 6.41. The third-order valence-electron chi connectivity index (χ3n) is 3.73. The van der Waals surface area contributed by atoms with E-state index in [0.717, 1.165) is 0 Å². The molecule has 1 atom stereocenters. The zero-order valence-corrected chi connectivity index (χ0v) is 16.0. The lowest BCUT2D eigenvalue weighted by Crippen LogP contribution is -2.13. The number of nitrogens with zero attached hydrogens (tertiary/aromatic N) is 3. The van der Waals surface area contributed by atoms with E-state index in [4.69, 9.17) is 5.41 Å². The van der Waals surface area contributed by atoms with Crippen LogP contribution in [0.5, 0.6) is 0 Å². The lowest BCUT2D eigenvalue weighted by Gasteiger charge is -2.15. The van der Waals surface area contributed by atoms with Crippen LogP contribution in [0.1, 0.15) is 36.9 Å². The number of hydrogen-bond donors (Lipinski definition) is 3. The molecule has 0 radical (unpaired) electrons. The van der Waals surface area contributed by atoms with E-state index in [1.54, 1.807) is 6.07 Å². The molecular formula is C18H19BrFN5O. The van der Waals surface area contributed by atoms with E-state index in [1.807, 2.05) is 13.0 Å². The lowest BCUT2D eigenvalue weighted by atomic mass is 10.1. The zero-order valence-electron chi connectivity index (χ0n) is 14.4. The highest BCUT2D eigenvalue weighted by Crippen LogP contribution is 2.25. The molecule has 26 heavy (non-hydrogen) atoms. The number of allylic oxidation sites excluding steroid dienone is 1. The minimum Gasteiger partial charge on any atom is -0.389 e. The molecule has 1 aromatic carbocycles. The summed E-state index contributed by atoms with van der Waals surface area (Å²) < 4.78 is 15.8. The lowest BCUT2D eigenvalue weighted by molar-refractivity contribution is 0.198. The van der Waals surface area contributed by atoms with Gasteiger partial charge in [0.05, 0.1) is 22.1 Å². The van der Waals surface area contributed by atoms with Gasteiger partial charge in [-0.3, -0.25) is 0 Å². The summed E-state index contributed by atoms with van der Waals surface area (Å²) in [6, 6.07) is 7.65. The Morgan fingerprint density at radius 1 is 1.54 bits per heavy atom. The summed E-state index contributed by atoms with van der Waals surface area (Å²) in [5.74, 6) is -0.464. The Kier molecular flexibility index (Phi) is 6.66. The van der Waals surface area contributed by atoms with Gasteiger partial charge in [-0.15, -0.1) is 0 Å². The van der Waals surface area contributed by atoms with Crippen LogP contribution < -0.4 is 5.32 Å². The molecule has 6 nitrogen and oxygen atoms in total. The molecule has 0 aliphatic rings. The van der Waals surface area contributed by atoms with E-state index in [-0.39, 0.29) is 5.69 Å². The van der Waals surface area contributed by atoms with Crippen molar-refractivity contribution in [2.75, 3.05) is 6.54 Å². The van der Waals surface area contributed by atoms with Gasteiger partial charge in [-0.05, 0) is 54.0 Å². The van der Waals surface area contributed by atoms with Gasteiger partial charge in [0.1, 0.15) is 11.9 Å². The van der Waals surface area contributed by atoms with E-state index >= 15 is 0 Å². The fourth-order valence-electron chi connectivity index (χ4n) is 2.52. The molecule has 0 amide bonds. The first-order chi connectivity index (χ1) is 12.4. The monoisotopic (exact) mass is 419 g/mol. The smallest absolute Gasteiger partial charge is 0.163 e. The van der Waals surface area contributed by atoms with Crippen LogP contribution in [0.4, 0.5) is 4.39 Å². The zero-order chi connectivity index (χ0) is 19.3. The SMILES string of the molecule is CCN/C(Br)=C(\C=N)Cc1cc(C#N)nn1-c1ccc(F)cc1C(C)O. The van der Waals surface area contributed by atoms with Gasteiger partial charge in [0, 0.05) is 30.3 Å². The predicted molar refractivity (Wildman–Crippen MR) is 101 cm³/mol. The molecule has 0 bridgehead atoms. The van der Waals surface area contributed by atoms with Crippen LogP contribution in [0.3, 0.4) is 0 Å². The molecule has 0 spiro atoms. The van der Waals surface area contributed by atoms with E-state index in [9.17, 15) is 14.8 Å². The van der Waals surface area contributed by atoms with Gasteiger partial charge in [-0.1, -0.05) is 0 Å². The summed E-state index contributed by atoms with van der Waals surface area (Å²) in [7, 11) is 0. The van der Waals surface area contributed by atoms with Crippen LogP contribution in [-0.4, -0.2) is 27.6 Å². The molecule has 1 unspecified atom stereocenters. The molecule has 0 aliphatic heterocycles. The highest BCUT2D eigenvalue weighted by molar-refractivity contribution is 9.11. The number of halogens is 2. The summed E-state index contributed by atoms with van der Waals surface area (Å²) in [5, 5.41) is 34.2. The Hall–Kier alpha value is -2.50. The fourth-order valence-corrected chi connectivity index (χ4v) is 3.05. The Bertz CT molecular complexity index is 882. The Morgan fingerprint density at radius 3 is 2.85 bits per heavy atom. The van der Waals surface area contributed by atoms with Crippen molar-refractivity contribution in [3.63, 3.8) is 0 Å². The number of nitriles is 1. The predicted octanol–water partition coefficient (Wildman–Crippen LogP) is 3.34. The van der Waals surface area contributed by atoms with E-state index < -0.39 is 11.9 Å². The normalized spacial score (nSPS) is 12.9. The van der Waals surface area contributed by atoms with Gasteiger partial charge in [0.15, 0.2) is 5.69 Å². The van der Waals surface area contributed by atoms with E-state index in [0.29, 0.717) is 40.1 Å². The number of hydrogen-bond acceptors (Lipinski definition) is 5. The van der Waals surface area contributed by atoms with Crippen LogP contribution in [0, 0.1) is 22.6 Å². The van der Waals surface area contributed by atoms with Gasteiger partial charge in [0.25, 0.3) is 0 Å². The molecule has 0 fully saturated rings. The molecule has 3 N–H and O–H groups in total. The number of aromatic nitrogens is 2. The number of benzene rings is 1. The van der Waals surface area contributed by atoms with Crippen LogP contribution >= 0.6 is 15.9 Å². The van der Waals surface area contributed by atoms with Crippen LogP contribution in [0.2, 0.25) is 0 Å². The quantitative estimate of drug-likeness (QED) is 0.473. The van der Waals surface area contributed by atoms with Gasteiger partial charge in [-0.25, -0.2) is 9.07 Å². The first kappa shape index (κ1) is 19.8. The highest BCUT2D eigenvalue weighted by atomic mass is 79.9. The summed E-state index contributed by atoms with van der Waals surface area (Å²) in [6.07, 6.45) is 0.633. The Labute approximate surface area is 159 Å². The van der Waals surface area contributed by atoms with Crippen molar-refractivity contribution >= 4 is 22.1 Å². The topological polar surface area (TPSA) is 97.7 Å². The van der Waals surface area contributed by atoms with Gasteiger partial charge in [0.2, 0.25) is 0 Å². The van der Waals surface area contributed by atoms with E-state index in [1.165, 1.54) is 36.0 Å². The summed E-state index contributed by atoms with van der Waals surface area (Å²) >= 11 is 3.41. The molecular weight excluding hydrogens is 401 g/mol. The van der Waals surface area contributed by atoms with Crippen molar-refractivity contribution in [1.29, 1.82) is 10.7 Å². The van der Waals surface area contributed by atoms with Crippen molar-refractivity contribution in [3.05, 3.63) is 57.2 Å². The fraction of sp³-hybridized carbons (Fsp3) is 0.278. The second kappa shape index (κ2) is 8.74. The van der Waals surface area contributed by atoms with Crippen molar-refractivity contribution in [2.24, 2.45) is 0 Å². The number of aliphatic hydroxyl groups excluding tert-OH is 1. The third-order valence-corrected chi connectivity index (χ3v) is 4.51. The largest absolute Gasteiger partial charge is 0.389 e. The maximum absolute atomic E-state index is 13.6. The minimum absolute atomic E-state index is 0.199. The van der Waals surface area contributed by atoms with Crippen molar-refractivity contribution in [1.82, 2.24) is 15.1 Å². The average molecular weight is 420 g/mol. The number of nitrogens with one attached hydrogen (secondary N) is 2. The maximum atomic E-state index is 13.6. The highest BCUT2D eigenvalue weighted by Gasteiger charge is 2.17. The molecule has 8 heteroatoms. The molecule has 1 heterocycles. The van der Waals surface area contributed by atoms with Gasteiger partial charge in [-0.2, -0.15) is 10.4 Å². The number of rotatable bonds is 7.